The second kappa shape index (κ2) is 6.58. The van der Waals surface area contributed by atoms with E-state index in [2.05, 4.69) is 37.2 Å². The smallest absolute Gasteiger partial charge is 0.272 e. The van der Waals surface area contributed by atoms with E-state index in [4.69, 9.17) is 0 Å². The highest BCUT2D eigenvalue weighted by Gasteiger charge is 2.15. The number of hydrogen-bond donors (Lipinski definition) is 1. The zero-order chi connectivity index (χ0) is 15.6. The van der Waals surface area contributed by atoms with E-state index in [1.807, 2.05) is 31.2 Å². The van der Waals surface area contributed by atoms with Crippen molar-refractivity contribution in [3.05, 3.63) is 66.6 Å². The van der Waals surface area contributed by atoms with Gasteiger partial charge in [-0.1, -0.05) is 18.2 Å². The first-order chi connectivity index (χ1) is 9.90. The van der Waals surface area contributed by atoms with Crippen LogP contribution in [0, 0.1) is 17.0 Å². The van der Waals surface area contributed by atoms with Gasteiger partial charge in [-0.3, -0.25) is 10.1 Å². The Bertz CT molecular complexity index is 669. The minimum absolute atomic E-state index is 0.0562. The first-order valence-electron chi connectivity index (χ1n) is 6.35. The highest BCUT2D eigenvalue weighted by Crippen LogP contribution is 2.34. The van der Waals surface area contributed by atoms with Crippen molar-refractivity contribution in [2.45, 2.75) is 19.9 Å². The van der Waals surface area contributed by atoms with Crippen LogP contribution >= 0.6 is 31.9 Å². The van der Waals surface area contributed by atoms with Crippen LogP contribution in [0.25, 0.3) is 0 Å². The minimum Gasteiger partial charge on any atom is -0.377 e. The third-order valence-corrected chi connectivity index (χ3v) is 4.58. The molecule has 0 saturated heterocycles. The predicted octanol–water partition coefficient (Wildman–Crippen LogP) is 5.60. The molecule has 0 amide bonds. The van der Waals surface area contributed by atoms with Crippen molar-refractivity contribution in [2.75, 3.05) is 5.32 Å². The summed E-state index contributed by atoms with van der Waals surface area (Å²) in [5, 5.41) is 14.4. The van der Waals surface area contributed by atoms with Crippen LogP contribution in [0.2, 0.25) is 0 Å². The molecule has 6 heteroatoms. The van der Waals surface area contributed by atoms with Crippen molar-refractivity contribution in [1.29, 1.82) is 0 Å². The summed E-state index contributed by atoms with van der Waals surface area (Å²) in [5.41, 5.74) is 2.61. The van der Waals surface area contributed by atoms with Gasteiger partial charge < -0.3 is 5.32 Å². The van der Waals surface area contributed by atoms with Gasteiger partial charge in [0.25, 0.3) is 5.69 Å². The monoisotopic (exact) mass is 412 g/mol. The van der Waals surface area contributed by atoms with Gasteiger partial charge in [0.2, 0.25) is 0 Å². The molecule has 4 nitrogen and oxygen atoms in total. The molecule has 0 aromatic heterocycles. The lowest BCUT2D eigenvalue weighted by molar-refractivity contribution is -0.385. The third-order valence-electron chi connectivity index (χ3n) is 3.25. The maximum Gasteiger partial charge on any atom is 0.272 e. The van der Waals surface area contributed by atoms with E-state index in [1.165, 1.54) is 0 Å². The maximum atomic E-state index is 11.0. The van der Waals surface area contributed by atoms with Crippen molar-refractivity contribution in [2.24, 2.45) is 0 Å². The normalized spacial score (nSPS) is 12.0. The van der Waals surface area contributed by atoms with E-state index < -0.39 is 0 Å². The van der Waals surface area contributed by atoms with Crippen LogP contribution in [0.4, 0.5) is 11.4 Å². The Morgan fingerprint density at radius 1 is 1.19 bits per heavy atom. The Morgan fingerprint density at radius 3 is 2.38 bits per heavy atom. The van der Waals surface area contributed by atoms with Crippen LogP contribution < -0.4 is 5.32 Å². The average molecular weight is 414 g/mol. The fourth-order valence-electron chi connectivity index (χ4n) is 2.03. The van der Waals surface area contributed by atoms with E-state index in [0.29, 0.717) is 5.56 Å². The molecule has 2 aromatic carbocycles. The highest BCUT2D eigenvalue weighted by molar-refractivity contribution is 9.11. The minimum atomic E-state index is -0.347. The van der Waals surface area contributed by atoms with Crippen LogP contribution in [0.3, 0.4) is 0 Å². The lowest BCUT2D eigenvalue weighted by atomic mass is 10.0. The summed E-state index contributed by atoms with van der Waals surface area (Å²) in [6.45, 7) is 3.71. The van der Waals surface area contributed by atoms with E-state index in [1.54, 1.807) is 19.1 Å². The molecule has 0 aliphatic rings. The predicted molar refractivity (Wildman–Crippen MR) is 91.7 cm³/mol. The number of nitrogens with one attached hydrogen (secondary N) is 1. The molecule has 0 radical (unpaired) electrons. The Labute approximate surface area is 140 Å². The fourth-order valence-corrected chi connectivity index (χ4v) is 3.26. The van der Waals surface area contributed by atoms with Gasteiger partial charge in [0.05, 0.1) is 10.6 Å². The highest BCUT2D eigenvalue weighted by atomic mass is 79.9. The number of para-hydroxylation sites is 1. The molecule has 2 rings (SSSR count). The summed E-state index contributed by atoms with van der Waals surface area (Å²) in [5.74, 6) is 0. The van der Waals surface area contributed by atoms with Gasteiger partial charge in [-0.25, -0.2) is 0 Å². The molecular weight excluding hydrogens is 400 g/mol. The summed E-state index contributed by atoms with van der Waals surface area (Å²) in [6.07, 6.45) is 0. The van der Waals surface area contributed by atoms with Crippen molar-refractivity contribution in [3.63, 3.8) is 0 Å². The molecule has 1 N–H and O–H groups in total. The summed E-state index contributed by atoms with van der Waals surface area (Å²) in [7, 11) is 0. The number of rotatable bonds is 4. The van der Waals surface area contributed by atoms with Crippen LogP contribution in [0.5, 0.6) is 0 Å². The van der Waals surface area contributed by atoms with E-state index in [0.717, 1.165) is 20.2 Å². The molecule has 0 heterocycles. The number of hydrogen-bond acceptors (Lipinski definition) is 3. The molecule has 110 valence electrons. The van der Waals surface area contributed by atoms with Crippen molar-refractivity contribution >= 4 is 43.2 Å². The molecule has 0 aliphatic carbocycles. The van der Waals surface area contributed by atoms with E-state index in [9.17, 15) is 10.1 Å². The van der Waals surface area contributed by atoms with Crippen molar-refractivity contribution in [1.82, 2.24) is 0 Å². The quantitative estimate of drug-likeness (QED) is 0.524. The van der Waals surface area contributed by atoms with E-state index >= 15 is 0 Å². The molecule has 0 spiro atoms. The average Bonchev–Trinajstić information content (AvgIpc) is 2.43. The number of anilines is 1. The number of halogens is 2. The Balaban J connectivity index is 2.31. The molecule has 0 fully saturated rings. The summed E-state index contributed by atoms with van der Waals surface area (Å²) in [4.78, 5) is 10.7. The molecule has 0 bridgehead atoms. The second-order valence-corrected chi connectivity index (χ2v) is 6.47. The number of nitro benzene ring substituents is 1. The Kier molecular flexibility index (Phi) is 5.00. The lowest BCUT2D eigenvalue weighted by Gasteiger charge is -2.18. The molecule has 1 unspecified atom stereocenters. The first kappa shape index (κ1) is 16.0. The first-order valence-corrected chi connectivity index (χ1v) is 7.94. The largest absolute Gasteiger partial charge is 0.377 e. The lowest BCUT2D eigenvalue weighted by Crippen LogP contribution is -2.08. The Morgan fingerprint density at radius 2 is 1.81 bits per heavy atom. The number of nitrogens with zero attached hydrogens (tertiary/aromatic N) is 1. The van der Waals surface area contributed by atoms with Crippen LogP contribution in [-0.2, 0) is 0 Å². The van der Waals surface area contributed by atoms with Crippen molar-refractivity contribution in [3.8, 4) is 0 Å². The van der Waals surface area contributed by atoms with Gasteiger partial charge in [-0.05, 0) is 63.4 Å². The summed E-state index contributed by atoms with van der Waals surface area (Å²) in [6, 6.07) is 11.1. The molecule has 0 aliphatic heterocycles. The molecule has 0 saturated carbocycles. The third kappa shape index (κ3) is 3.63. The van der Waals surface area contributed by atoms with Crippen LogP contribution in [0.1, 0.15) is 24.1 Å². The van der Waals surface area contributed by atoms with Gasteiger partial charge in [0, 0.05) is 26.6 Å². The molecule has 2 aromatic rings. The van der Waals surface area contributed by atoms with Gasteiger partial charge in [0.1, 0.15) is 0 Å². The molecule has 1 atom stereocenters. The topological polar surface area (TPSA) is 55.2 Å². The van der Waals surface area contributed by atoms with Crippen LogP contribution in [0.15, 0.2) is 45.3 Å². The second-order valence-electron chi connectivity index (χ2n) is 4.77. The van der Waals surface area contributed by atoms with Gasteiger partial charge >= 0.3 is 0 Å². The fraction of sp³-hybridized carbons (Fsp3) is 0.200. The SMILES string of the molecule is Cc1ccc(C(C)Nc2c(Br)cccc2Br)cc1[N+](=O)[O-]. The zero-order valence-corrected chi connectivity index (χ0v) is 14.7. The Hall–Kier alpha value is -1.40. The zero-order valence-electron chi connectivity index (χ0n) is 11.6. The van der Waals surface area contributed by atoms with Gasteiger partial charge in [-0.2, -0.15) is 0 Å². The maximum absolute atomic E-state index is 11.0. The molecule has 21 heavy (non-hydrogen) atoms. The van der Waals surface area contributed by atoms with E-state index in [-0.39, 0.29) is 16.7 Å². The molecular formula is C15H14Br2N2O2. The van der Waals surface area contributed by atoms with Gasteiger partial charge in [0.15, 0.2) is 0 Å². The number of benzene rings is 2. The summed E-state index contributed by atoms with van der Waals surface area (Å²) >= 11 is 6.99. The van der Waals surface area contributed by atoms with Gasteiger partial charge in [-0.15, -0.1) is 0 Å². The standard InChI is InChI=1S/C15H14Br2N2O2/c1-9-6-7-11(8-14(9)19(20)21)10(2)18-15-12(16)4-3-5-13(15)17/h3-8,10,18H,1-2H3. The number of aryl methyl sites for hydroxylation is 1. The van der Waals surface area contributed by atoms with Crippen LogP contribution in [-0.4, -0.2) is 4.92 Å². The number of nitro groups is 1. The van der Waals surface area contributed by atoms with Crippen molar-refractivity contribution < 1.29 is 4.92 Å². The summed E-state index contributed by atoms with van der Waals surface area (Å²) < 4.78 is 1.87.